The number of pyridine rings is 1. The summed E-state index contributed by atoms with van der Waals surface area (Å²) in [6, 6.07) is 2.62. The molecular formula is C12H18N2O4. The van der Waals surface area contributed by atoms with Crippen LogP contribution in [-0.2, 0) is 11.3 Å². The van der Waals surface area contributed by atoms with Crippen LogP contribution in [-0.4, -0.2) is 28.8 Å². The van der Waals surface area contributed by atoms with Crippen LogP contribution in [0.5, 0.6) is 5.88 Å². The summed E-state index contributed by atoms with van der Waals surface area (Å²) in [5, 5.41) is 11.5. The monoisotopic (exact) mass is 257 g/mol. The van der Waals surface area contributed by atoms with Crippen LogP contribution in [0.25, 0.3) is 0 Å². The summed E-state index contributed by atoms with van der Waals surface area (Å²) in [6.07, 6.45) is -0.711. The van der Waals surface area contributed by atoms with E-state index >= 15 is 0 Å². The number of nitrogens with one attached hydrogen (secondary N) is 1. The first kappa shape index (κ1) is 10.1. The number of anilines is 1. The number of aliphatic hydroxyl groups is 1. The summed E-state index contributed by atoms with van der Waals surface area (Å²) >= 11 is 0. The molecule has 6 heteroatoms. The molecule has 0 spiro atoms. The molecule has 1 rings (SSSR count). The Kier molecular flexibility index (Phi) is 3.20. The number of amides is 1. The van der Waals surface area contributed by atoms with Gasteiger partial charge in [-0.25, -0.2) is 9.78 Å². The van der Waals surface area contributed by atoms with Crippen molar-refractivity contribution in [2.75, 3.05) is 12.4 Å². The SMILES string of the molecule is [2H]C([2H])([2H])Oc1cc(NC(=O)OC(C)(C)C)cc(CO)n1. The summed E-state index contributed by atoms with van der Waals surface area (Å²) in [5.74, 6) is -0.229. The zero-order valence-electron chi connectivity index (χ0n) is 13.5. The first-order valence-electron chi connectivity index (χ1n) is 6.79. The van der Waals surface area contributed by atoms with Gasteiger partial charge in [-0.05, 0) is 26.8 Å². The van der Waals surface area contributed by atoms with Crippen LogP contribution in [0.1, 0.15) is 30.6 Å². The molecule has 1 heterocycles. The van der Waals surface area contributed by atoms with Gasteiger partial charge >= 0.3 is 6.09 Å². The minimum atomic E-state index is -2.68. The molecule has 0 saturated heterocycles. The van der Waals surface area contributed by atoms with Crippen LogP contribution in [0.2, 0.25) is 0 Å². The summed E-state index contributed by atoms with van der Waals surface area (Å²) in [7, 11) is -2.68. The van der Waals surface area contributed by atoms with E-state index in [0.29, 0.717) is 0 Å². The molecule has 0 fully saturated rings. The van der Waals surface area contributed by atoms with Gasteiger partial charge in [-0.1, -0.05) is 0 Å². The van der Waals surface area contributed by atoms with E-state index in [4.69, 9.17) is 14.0 Å². The fraction of sp³-hybridized carbons (Fsp3) is 0.500. The molecule has 0 aromatic carbocycles. The number of carbonyl (C=O) groups is 1. The Bertz CT molecular complexity index is 512. The lowest BCUT2D eigenvalue weighted by Crippen LogP contribution is -2.27. The molecule has 0 bridgehead atoms. The Morgan fingerprint density at radius 3 is 2.83 bits per heavy atom. The standard InChI is InChI=1S/C12H18N2O4/c1-12(2,3)18-11(16)14-8-5-9(7-15)13-10(6-8)17-4/h5-6,15H,7H2,1-4H3,(H,13,14,16)/i4D3. The minimum Gasteiger partial charge on any atom is -0.481 e. The van der Waals surface area contributed by atoms with Gasteiger partial charge in [0.05, 0.1) is 29.1 Å². The molecule has 0 radical (unpaired) electrons. The Labute approximate surface area is 110 Å². The molecule has 6 nitrogen and oxygen atoms in total. The lowest BCUT2D eigenvalue weighted by molar-refractivity contribution is 0.0636. The van der Waals surface area contributed by atoms with Crippen molar-refractivity contribution < 1.29 is 23.5 Å². The molecule has 1 amide bonds. The lowest BCUT2D eigenvalue weighted by Gasteiger charge is -2.19. The number of hydrogen-bond donors (Lipinski definition) is 2. The highest BCUT2D eigenvalue weighted by atomic mass is 16.6. The van der Waals surface area contributed by atoms with Crippen LogP contribution in [0.4, 0.5) is 10.5 Å². The van der Waals surface area contributed by atoms with E-state index in [1.165, 1.54) is 12.1 Å². The minimum absolute atomic E-state index is 0.155. The predicted molar refractivity (Wildman–Crippen MR) is 66.6 cm³/mol. The van der Waals surface area contributed by atoms with Gasteiger partial charge in [0.1, 0.15) is 5.60 Å². The third-order valence-corrected chi connectivity index (χ3v) is 1.77. The molecule has 2 N–H and O–H groups in total. The Balaban J connectivity index is 2.91. The first-order chi connectivity index (χ1) is 9.48. The fourth-order valence-corrected chi connectivity index (χ4v) is 1.19. The number of carbonyl (C=O) groups excluding carboxylic acids is 1. The van der Waals surface area contributed by atoms with Crippen molar-refractivity contribution in [3.05, 3.63) is 17.8 Å². The number of hydrogen-bond acceptors (Lipinski definition) is 5. The maximum Gasteiger partial charge on any atom is 0.412 e. The van der Waals surface area contributed by atoms with E-state index in [9.17, 15) is 4.79 Å². The quantitative estimate of drug-likeness (QED) is 0.864. The van der Waals surface area contributed by atoms with E-state index in [0.717, 1.165) is 0 Å². The molecule has 0 aliphatic rings. The third kappa shape index (κ3) is 4.58. The molecule has 0 unspecified atom stereocenters. The van der Waals surface area contributed by atoms with Crippen LogP contribution < -0.4 is 10.1 Å². The van der Waals surface area contributed by atoms with Gasteiger partial charge in [-0.2, -0.15) is 0 Å². The fourth-order valence-electron chi connectivity index (χ4n) is 1.19. The Hall–Kier alpha value is -1.82. The molecule has 1 aromatic heterocycles. The zero-order chi connectivity index (χ0) is 16.3. The van der Waals surface area contributed by atoms with E-state index in [2.05, 4.69) is 15.0 Å². The van der Waals surface area contributed by atoms with Crippen molar-refractivity contribution in [1.82, 2.24) is 4.98 Å². The smallest absolute Gasteiger partial charge is 0.412 e. The van der Waals surface area contributed by atoms with E-state index in [1.807, 2.05) is 0 Å². The van der Waals surface area contributed by atoms with E-state index in [-0.39, 0.29) is 17.3 Å². The van der Waals surface area contributed by atoms with Gasteiger partial charge < -0.3 is 14.6 Å². The van der Waals surface area contributed by atoms with E-state index < -0.39 is 25.3 Å². The highest BCUT2D eigenvalue weighted by Gasteiger charge is 2.16. The van der Waals surface area contributed by atoms with Crippen LogP contribution >= 0.6 is 0 Å². The zero-order valence-corrected chi connectivity index (χ0v) is 10.5. The van der Waals surface area contributed by atoms with Gasteiger partial charge in [-0.3, -0.25) is 5.32 Å². The topological polar surface area (TPSA) is 80.7 Å². The predicted octanol–water partition coefficient (Wildman–Crippen LogP) is 1.93. The molecular weight excluding hydrogens is 236 g/mol. The highest BCUT2D eigenvalue weighted by molar-refractivity contribution is 5.85. The highest BCUT2D eigenvalue weighted by Crippen LogP contribution is 2.18. The van der Waals surface area contributed by atoms with Crippen molar-refractivity contribution in [2.45, 2.75) is 33.0 Å². The van der Waals surface area contributed by atoms with Crippen LogP contribution in [0, 0.1) is 0 Å². The number of aromatic nitrogens is 1. The molecule has 0 aliphatic heterocycles. The van der Waals surface area contributed by atoms with Gasteiger partial charge in [0, 0.05) is 6.07 Å². The lowest BCUT2D eigenvalue weighted by atomic mass is 10.2. The van der Waals surface area contributed by atoms with Crippen molar-refractivity contribution in [1.29, 1.82) is 0 Å². The van der Waals surface area contributed by atoms with Gasteiger partial charge in [0.15, 0.2) is 0 Å². The number of rotatable bonds is 3. The van der Waals surface area contributed by atoms with Crippen LogP contribution in [0.3, 0.4) is 0 Å². The van der Waals surface area contributed by atoms with Gasteiger partial charge in [0.2, 0.25) is 5.88 Å². The maximum atomic E-state index is 11.7. The number of ether oxygens (including phenoxy) is 2. The van der Waals surface area contributed by atoms with Gasteiger partial charge in [0.25, 0.3) is 0 Å². The third-order valence-electron chi connectivity index (χ3n) is 1.77. The molecule has 0 aliphatic carbocycles. The van der Waals surface area contributed by atoms with Crippen molar-refractivity contribution in [3.8, 4) is 5.88 Å². The normalized spacial score (nSPS) is 14.1. The maximum absolute atomic E-state index is 11.7. The molecule has 1 aromatic rings. The second kappa shape index (κ2) is 5.68. The van der Waals surface area contributed by atoms with Gasteiger partial charge in [-0.15, -0.1) is 0 Å². The number of nitrogens with zero attached hydrogens (tertiary/aromatic N) is 1. The molecule has 0 atom stereocenters. The second-order valence-electron chi connectivity index (χ2n) is 4.57. The second-order valence-corrected chi connectivity index (χ2v) is 4.57. The first-order valence-corrected chi connectivity index (χ1v) is 5.29. The summed E-state index contributed by atoms with van der Waals surface area (Å²) < 4.78 is 30.8. The average molecular weight is 257 g/mol. The van der Waals surface area contributed by atoms with Crippen LogP contribution in [0.15, 0.2) is 12.1 Å². The molecule has 100 valence electrons. The summed E-state index contributed by atoms with van der Waals surface area (Å²) in [6.45, 7) is 4.70. The summed E-state index contributed by atoms with van der Waals surface area (Å²) in [4.78, 5) is 15.5. The number of aliphatic hydroxyl groups excluding tert-OH is 1. The van der Waals surface area contributed by atoms with Crippen molar-refractivity contribution in [2.24, 2.45) is 0 Å². The van der Waals surface area contributed by atoms with E-state index in [1.54, 1.807) is 20.8 Å². The van der Waals surface area contributed by atoms with Crippen molar-refractivity contribution >= 4 is 11.8 Å². The largest absolute Gasteiger partial charge is 0.481 e. The number of methoxy groups -OCH3 is 1. The Morgan fingerprint density at radius 2 is 2.28 bits per heavy atom. The Morgan fingerprint density at radius 1 is 1.56 bits per heavy atom. The molecule has 18 heavy (non-hydrogen) atoms. The summed E-state index contributed by atoms with van der Waals surface area (Å²) in [5.41, 5.74) is -0.306. The average Bonchev–Trinajstić information content (AvgIpc) is 2.22. The van der Waals surface area contributed by atoms with Crippen molar-refractivity contribution in [3.63, 3.8) is 0 Å². The molecule has 0 saturated carbocycles.